The quantitative estimate of drug-likeness (QED) is 0.244. The maximum atomic E-state index is 13.0. The van der Waals surface area contributed by atoms with Crippen LogP contribution in [-0.2, 0) is 17.4 Å². The molecule has 1 N–H and O–H groups in total. The summed E-state index contributed by atoms with van der Waals surface area (Å²) >= 11 is 1.45. The number of rotatable bonds is 9. The second-order valence-electron chi connectivity index (χ2n) is 8.80. The molecule has 4 rings (SSSR count). The van der Waals surface area contributed by atoms with Crippen molar-refractivity contribution in [1.82, 2.24) is 4.98 Å². The van der Waals surface area contributed by atoms with Gasteiger partial charge in [0, 0.05) is 16.9 Å². The van der Waals surface area contributed by atoms with Gasteiger partial charge >= 0.3 is 12.1 Å². The van der Waals surface area contributed by atoms with Crippen molar-refractivity contribution in [2.24, 2.45) is 0 Å². The first-order valence-corrected chi connectivity index (χ1v) is 12.6. The number of carboxylic acids is 1. The smallest absolute Gasteiger partial charge is 0.416 e. The topological polar surface area (TPSA) is 59.4 Å². The van der Waals surface area contributed by atoms with E-state index in [1.807, 2.05) is 62.4 Å². The number of aromatic nitrogens is 1. The van der Waals surface area contributed by atoms with Gasteiger partial charge in [-0.3, -0.25) is 4.79 Å². The molecule has 0 amide bonds. The molecule has 1 aromatic heterocycles. The van der Waals surface area contributed by atoms with Crippen LogP contribution in [0.4, 0.5) is 13.2 Å². The van der Waals surface area contributed by atoms with E-state index in [0.717, 1.165) is 39.4 Å². The SMILES string of the molecule is Cc1cc(OCC(c2ccccc2)c2sc(-c3ccc(C(F)(F)F)cc3)nc2C)ccc1CCC(=O)O. The lowest BCUT2D eigenvalue weighted by molar-refractivity contribution is -0.138. The molecule has 3 aromatic carbocycles. The predicted octanol–water partition coefficient (Wildman–Crippen LogP) is 7.67. The third kappa shape index (κ3) is 6.57. The summed E-state index contributed by atoms with van der Waals surface area (Å²) in [5.74, 6) is -0.280. The number of aryl methyl sites for hydroxylation is 3. The first-order valence-electron chi connectivity index (χ1n) is 11.8. The summed E-state index contributed by atoms with van der Waals surface area (Å²) in [5, 5.41) is 9.60. The van der Waals surface area contributed by atoms with E-state index in [0.29, 0.717) is 29.3 Å². The molecule has 1 unspecified atom stereocenters. The van der Waals surface area contributed by atoms with Gasteiger partial charge in [-0.1, -0.05) is 48.5 Å². The maximum Gasteiger partial charge on any atom is 0.416 e. The normalized spacial score (nSPS) is 12.4. The van der Waals surface area contributed by atoms with Gasteiger partial charge in [-0.25, -0.2) is 4.98 Å². The Morgan fingerprint density at radius 2 is 1.73 bits per heavy atom. The highest BCUT2D eigenvalue weighted by atomic mass is 32.1. The van der Waals surface area contributed by atoms with Crippen molar-refractivity contribution in [3.05, 3.63) is 106 Å². The minimum atomic E-state index is -4.38. The Balaban J connectivity index is 1.58. The fourth-order valence-electron chi connectivity index (χ4n) is 4.13. The molecule has 37 heavy (non-hydrogen) atoms. The fraction of sp³-hybridized carbons (Fsp3) is 0.241. The molecule has 4 aromatic rings. The average molecular weight is 526 g/mol. The largest absolute Gasteiger partial charge is 0.493 e. The summed E-state index contributed by atoms with van der Waals surface area (Å²) in [6.07, 6.45) is -3.85. The number of ether oxygens (including phenoxy) is 1. The molecule has 8 heteroatoms. The Bertz CT molecular complexity index is 1370. The zero-order valence-corrected chi connectivity index (χ0v) is 21.2. The number of hydrogen-bond acceptors (Lipinski definition) is 4. The Morgan fingerprint density at radius 3 is 2.35 bits per heavy atom. The van der Waals surface area contributed by atoms with Crippen molar-refractivity contribution >= 4 is 17.3 Å². The van der Waals surface area contributed by atoms with Crippen LogP contribution in [-0.4, -0.2) is 22.7 Å². The summed E-state index contributed by atoms with van der Waals surface area (Å²) < 4.78 is 45.1. The van der Waals surface area contributed by atoms with Gasteiger partial charge in [0.05, 0.1) is 23.8 Å². The summed E-state index contributed by atoms with van der Waals surface area (Å²) in [6, 6.07) is 20.6. The minimum absolute atomic E-state index is 0.0725. The molecule has 1 atom stereocenters. The molecule has 0 aliphatic rings. The molecule has 0 radical (unpaired) electrons. The van der Waals surface area contributed by atoms with Gasteiger partial charge in [-0.2, -0.15) is 13.2 Å². The standard InChI is InChI=1S/C29H26F3NO3S/c1-18-16-24(14-10-20(18)11-15-26(34)35)36-17-25(21-6-4-3-5-7-21)27-19(2)33-28(37-27)22-8-12-23(13-9-22)29(30,31)32/h3-10,12-14,16,25H,11,15,17H2,1-2H3,(H,34,35). The van der Waals surface area contributed by atoms with Gasteiger partial charge in [-0.15, -0.1) is 11.3 Å². The van der Waals surface area contributed by atoms with Gasteiger partial charge in [0.15, 0.2) is 0 Å². The van der Waals surface area contributed by atoms with Crippen LogP contribution < -0.4 is 4.74 Å². The number of carboxylic acid groups (broad SMARTS) is 1. The number of nitrogens with zero attached hydrogens (tertiary/aromatic N) is 1. The highest BCUT2D eigenvalue weighted by molar-refractivity contribution is 7.15. The summed E-state index contributed by atoms with van der Waals surface area (Å²) in [5.41, 5.74) is 3.72. The lowest BCUT2D eigenvalue weighted by atomic mass is 9.97. The van der Waals surface area contributed by atoms with Crippen LogP contribution in [0, 0.1) is 13.8 Å². The van der Waals surface area contributed by atoms with E-state index in [4.69, 9.17) is 9.84 Å². The second-order valence-corrected chi connectivity index (χ2v) is 9.83. The number of aliphatic carboxylic acids is 1. The molecule has 0 aliphatic heterocycles. The van der Waals surface area contributed by atoms with Crippen LogP contribution in [0.3, 0.4) is 0 Å². The lowest BCUT2D eigenvalue weighted by Crippen LogP contribution is -2.12. The molecule has 0 bridgehead atoms. The van der Waals surface area contributed by atoms with Crippen molar-refractivity contribution in [2.75, 3.05) is 6.61 Å². The highest BCUT2D eigenvalue weighted by Gasteiger charge is 2.30. The van der Waals surface area contributed by atoms with Crippen molar-refractivity contribution in [3.8, 4) is 16.3 Å². The number of benzene rings is 3. The Kier molecular flexibility index (Phi) is 7.97. The first kappa shape index (κ1) is 26.4. The summed E-state index contributed by atoms with van der Waals surface area (Å²) in [6.45, 7) is 4.17. The van der Waals surface area contributed by atoms with E-state index in [2.05, 4.69) is 4.98 Å². The maximum absolute atomic E-state index is 13.0. The van der Waals surface area contributed by atoms with E-state index in [1.165, 1.54) is 23.5 Å². The van der Waals surface area contributed by atoms with Crippen LogP contribution in [0.2, 0.25) is 0 Å². The fourth-order valence-corrected chi connectivity index (χ4v) is 5.31. The molecule has 0 fully saturated rings. The zero-order chi connectivity index (χ0) is 26.6. The molecule has 0 saturated carbocycles. The average Bonchev–Trinajstić information content (AvgIpc) is 3.25. The van der Waals surface area contributed by atoms with Crippen LogP contribution in [0.5, 0.6) is 5.75 Å². The highest BCUT2D eigenvalue weighted by Crippen LogP contribution is 2.38. The molecular formula is C29H26F3NO3S. The van der Waals surface area contributed by atoms with Gasteiger partial charge in [0.2, 0.25) is 0 Å². The number of hydrogen-bond donors (Lipinski definition) is 1. The molecule has 192 valence electrons. The van der Waals surface area contributed by atoms with Crippen LogP contribution in [0.1, 0.15) is 45.2 Å². The minimum Gasteiger partial charge on any atom is -0.493 e. The van der Waals surface area contributed by atoms with Crippen molar-refractivity contribution in [2.45, 2.75) is 38.8 Å². The van der Waals surface area contributed by atoms with Crippen LogP contribution >= 0.6 is 11.3 Å². The van der Waals surface area contributed by atoms with Crippen molar-refractivity contribution in [1.29, 1.82) is 0 Å². The van der Waals surface area contributed by atoms with E-state index in [9.17, 15) is 18.0 Å². The number of halogens is 3. The van der Waals surface area contributed by atoms with E-state index < -0.39 is 17.7 Å². The summed E-state index contributed by atoms with van der Waals surface area (Å²) in [4.78, 5) is 16.5. The van der Waals surface area contributed by atoms with Gasteiger partial charge in [0.1, 0.15) is 10.8 Å². The van der Waals surface area contributed by atoms with Gasteiger partial charge in [0.25, 0.3) is 0 Å². The van der Waals surface area contributed by atoms with Gasteiger partial charge < -0.3 is 9.84 Å². The lowest BCUT2D eigenvalue weighted by Gasteiger charge is -2.18. The van der Waals surface area contributed by atoms with Crippen molar-refractivity contribution in [3.63, 3.8) is 0 Å². The molecule has 0 spiro atoms. The van der Waals surface area contributed by atoms with E-state index in [-0.39, 0.29) is 12.3 Å². The van der Waals surface area contributed by atoms with Gasteiger partial charge in [-0.05, 0) is 61.2 Å². The van der Waals surface area contributed by atoms with E-state index >= 15 is 0 Å². The molecule has 1 heterocycles. The first-order chi connectivity index (χ1) is 17.6. The Morgan fingerprint density at radius 1 is 1.03 bits per heavy atom. The Labute approximate surface area is 217 Å². The van der Waals surface area contributed by atoms with E-state index in [1.54, 1.807) is 0 Å². The van der Waals surface area contributed by atoms with Crippen LogP contribution in [0.15, 0.2) is 72.8 Å². The number of alkyl halides is 3. The zero-order valence-electron chi connectivity index (χ0n) is 20.4. The van der Waals surface area contributed by atoms with Crippen LogP contribution in [0.25, 0.3) is 10.6 Å². The molecule has 0 saturated heterocycles. The van der Waals surface area contributed by atoms with Crippen molar-refractivity contribution < 1.29 is 27.8 Å². The third-order valence-corrected chi connectivity index (χ3v) is 7.47. The number of thiazole rings is 1. The summed E-state index contributed by atoms with van der Waals surface area (Å²) in [7, 11) is 0. The second kappa shape index (κ2) is 11.2. The molecule has 4 nitrogen and oxygen atoms in total. The molecular weight excluding hydrogens is 499 g/mol. The third-order valence-electron chi connectivity index (χ3n) is 6.15. The predicted molar refractivity (Wildman–Crippen MR) is 138 cm³/mol. The number of carbonyl (C=O) groups is 1. The monoisotopic (exact) mass is 525 g/mol. The Hall–Kier alpha value is -3.65. The molecule has 0 aliphatic carbocycles.